The van der Waals surface area contributed by atoms with Gasteiger partial charge in [-0.25, -0.2) is 0 Å². The quantitative estimate of drug-likeness (QED) is 0.479. The topological polar surface area (TPSA) is 73.3 Å². The highest BCUT2D eigenvalue weighted by Crippen LogP contribution is 2.34. The first-order valence-corrected chi connectivity index (χ1v) is 11.0. The third-order valence-corrected chi connectivity index (χ3v) is 5.86. The first-order chi connectivity index (χ1) is 15.6. The van der Waals surface area contributed by atoms with Gasteiger partial charge in [0, 0.05) is 38.2 Å². The molecule has 2 N–H and O–H groups in total. The largest absolute Gasteiger partial charge is 0.496 e. The van der Waals surface area contributed by atoms with E-state index in [0.717, 1.165) is 37.5 Å². The summed E-state index contributed by atoms with van der Waals surface area (Å²) in [6.07, 6.45) is 2.28. The van der Waals surface area contributed by atoms with E-state index in [1.807, 2.05) is 12.1 Å². The molecule has 2 atom stereocenters. The maximum atomic E-state index is 6.15. The van der Waals surface area contributed by atoms with E-state index in [9.17, 15) is 0 Å². The van der Waals surface area contributed by atoms with Gasteiger partial charge in [-0.2, -0.15) is 0 Å². The van der Waals surface area contributed by atoms with Gasteiger partial charge in [0.15, 0.2) is 5.96 Å². The Morgan fingerprint density at radius 2 is 1.72 bits per heavy atom. The Hall–Kier alpha value is -2.93. The second-order valence-corrected chi connectivity index (χ2v) is 7.92. The molecule has 2 unspecified atom stereocenters. The molecule has 1 heterocycles. The summed E-state index contributed by atoms with van der Waals surface area (Å²) in [4.78, 5) is 4.39. The average Bonchev–Trinajstić information content (AvgIpc) is 2.84. The summed E-state index contributed by atoms with van der Waals surface area (Å²) >= 11 is 0. The van der Waals surface area contributed by atoms with Crippen molar-refractivity contribution < 1.29 is 18.9 Å². The van der Waals surface area contributed by atoms with Crippen molar-refractivity contribution >= 4 is 5.96 Å². The van der Waals surface area contributed by atoms with Crippen LogP contribution in [-0.2, 0) is 11.3 Å². The maximum absolute atomic E-state index is 6.15. The zero-order valence-corrected chi connectivity index (χ0v) is 19.7. The fraction of sp³-hybridized carbons (Fsp3) is 0.480. The smallest absolute Gasteiger partial charge is 0.191 e. The molecule has 0 radical (unpaired) electrons. The van der Waals surface area contributed by atoms with Crippen molar-refractivity contribution in [1.82, 2.24) is 10.6 Å². The van der Waals surface area contributed by atoms with E-state index in [-0.39, 0.29) is 6.10 Å². The van der Waals surface area contributed by atoms with Crippen molar-refractivity contribution in [2.75, 3.05) is 41.5 Å². The van der Waals surface area contributed by atoms with E-state index in [1.165, 1.54) is 11.1 Å². The van der Waals surface area contributed by atoms with Crippen LogP contribution in [0.3, 0.4) is 0 Å². The molecule has 3 rings (SSSR count). The van der Waals surface area contributed by atoms with Crippen LogP contribution in [-0.4, -0.2) is 47.5 Å². The normalized spacial score (nSPS) is 18.7. The molecule has 0 bridgehead atoms. The fourth-order valence-electron chi connectivity index (χ4n) is 4.05. The van der Waals surface area contributed by atoms with Crippen LogP contribution in [0.25, 0.3) is 0 Å². The van der Waals surface area contributed by atoms with Gasteiger partial charge in [-0.1, -0.05) is 29.8 Å². The molecule has 0 spiro atoms. The van der Waals surface area contributed by atoms with Gasteiger partial charge in [0.1, 0.15) is 17.2 Å². The molecule has 0 aliphatic carbocycles. The lowest BCUT2D eigenvalue weighted by Gasteiger charge is -2.32. The van der Waals surface area contributed by atoms with Gasteiger partial charge in [0.05, 0.1) is 39.5 Å². The van der Waals surface area contributed by atoms with Gasteiger partial charge >= 0.3 is 0 Å². The van der Waals surface area contributed by atoms with Crippen molar-refractivity contribution in [3.8, 4) is 17.2 Å². The minimum Gasteiger partial charge on any atom is -0.496 e. The number of nitrogens with zero attached hydrogens (tertiary/aromatic N) is 1. The number of nitrogens with one attached hydrogen (secondary N) is 2. The first-order valence-electron chi connectivity index (χ1n) is 11.0. The Morgan fingerprint density at radius 3 is 2.31 bits per heavy atom. The summed E-state index contributed by atoms with van der Waals surface area (Å²) < 4.78 is 22.6. The Kier molecular flexibility index (Phi) is 8.62. The number of guanidine groups is 1. The first kappa shape index (κ1) is 23.7. The van der Waals surface area contributed by atoms with Crippen molar-refractivity contribution in [2.24, 2.45) is 10.9 Å². The van der Waals surface area contributed by atoms with Crippen LogP contribution >= 0.6 is 0 Å². The van der Waals surface area contributed by atoms with Crippen LogP contribution in [0.2, 0.25) is 0 Å². The number of hydrogen-bond donors (Lipinski definition) is 2. The zero-order valence-electron chi connectivity index (χ0n) is 19.7. The molecule has 1 aliphatic heterocycles. The van der Waals surface area contributed by atoms with Crippen molar-refractivity contribution in [1.29, 1.82) is 0 Å². The summed E-state index contributed by atoms with van der Waals surface area (Å²) in [6, 6.07) is 12.3. The van der Waals surface area contributed by atoms with Crippen molar-refractivity contribution in [3.63, 3.8) is 0 Å². The molecule has 174 valence electrons. The minimum absolute atomic E-state index is 0.0942. The number of hydrogen-bond acceptors (Lipinski definition) is 5. The molecule has 1 saturated heterocycles. The molecule has 2 aromatic rings. The molecule has 7 nitrogen and oxygen atoms in total. The second kappa shape index (κ2) is 11.6. The second-order valence-electron chi connectivity index (χ2n) is 7.92. The van der Waals surface area contributed by atoms with E-state index in [4.69, 9.17) is 18.9 Å². The van der Waals surface area contributed by atoms with E-state index >= 15 is 0 Å². The number of ether oxygens (including phenoxy) is 4. The van der Waals surface area contributed by atoms with Crippen LogP contribution in [0, 0.1) is 12.8 Å². The lowest BCUT2D eigenvalue weighted by Crippen LogP contribution is -2.41. The van der Waals surface area contributed by atoms with Crippen LogP contribution < -0.4 is 24.8 Å². The maximum Gasteiger partial charge on any atom is 0.191 e. The van der Waals surface area contributed by atoms with Gasteiger partial charge in [-0.3, -0.25) is 4.99 Å². The molecule has 0 saturated carbocycles. The molecule has 1 aliphatic rings. The van der Waals surface area contributed by atoms with Crippen LogP contribution in [0.4, 0.5) is 0 Å². The molecular weight excluding hydrogens is 406 g/mol. The minimum atomic E-state index is 0.0942. The lowest BCUT2D eigenvalue weighted by atomic mass is 9.89. The van der Waals surface area contributed by atoms with E-state index in [0.29, 0.717) is 29.7 Å². The predicted molar refractivity (Wildman–Crippen MR) is 127 cm³/mol. The molecule has 0 amide bonds. The molecule has 1 fully saturated rings. The summed E-state index contributed by atoms with van der Waals surface area (Å²) in [5, 5.41) is 6.84. The number of aliphatic imine (C=N–C) groups is 1. The molecule has 0 aromatic heterocycles. The highest BCUT2D eigenvalue weighted by molar-refractivity contribution is 5.79. The third kappa shape index (κ3) is 5.85. The Morgan fingerprint density at radius 1 is 1.03 bits per heavy atom. The number of benzene rings is 2. The van der Waals surface area contributed by atoms with Gasteiger partial charge in [0.2, 0.25) is 0 Å². The monoisotopic (exact) mass is 441 g/mol. The van der Waals surface area contributed by atoms with Crippen molar-refractivity contribution in [2.45, 2.75) is 32.4 Å². The third-order valence-electron chi connectivity index (χ3n) is 5.86. The molecule has 32 heavy (non-hydrogen) atoms. The molecular formula is C25H35N3O4. The van der Waals surface area contributed by atoms with Crippen LogP contribution in [0.15, 0.2) is 41.4 Å². The number of rotatable bonds is 8. The molecule has 7 heteroatoms. The van der Waals surface area contributed by atoms with Crippen LogP contribution in [0.5, 0.6) is 17.2 Å². The van der Waals surface area contributed by atoms with Gasteiger partial charge < -0.3 is 29.6 Å². The summed E-state index contributed by atoms with van der Waals surface area (Å²) in [5.41, 5.74) is 3.39. The Balaban J connectivity index is 1.64. The summed E-state index contributed by atoms with van der Waals surface area (Å²) in [6.45, 7) is 4.18. The van der Waals surface area contributed by atoms with Gasteiger partial charge in [0.25, 0.3) is 0 Å². The van der Waals surface area contributed by atoms with E-state index in [1.54, 1.807) is 28.4 Å². The predicted octanol–water partition coefficient (Wildman–Crippen LogP) is 3.85. The Bertz CT molecular complexity index is 874. The van der Waals surface area contributed by atoms with E-state index < -0.39 is 0 Å². The highest BCUT2D eigenvalue weighted by Gasteiger charge is 2.27. The fourth-order valence-corrected chi connectivity index (χ4v) is 4.05. The van der Waals surface area contributed by atoms with Gasteiger partial charge in [-0.15, -0.1) is 0 Å². The van der Waals surface area contributed by atoms with Crippen LogP contribution in [0.1, 0.15) is 35.6 Å². The average molecular weight is 442 g/mol. The highest BCUT2D eigenvalue weighted by atomic mass is 16.5. The standard InChI is InChI=1S/C25H35N3O4/c1-17-8-10-18(11-9-17)24-19(7-6-12-32-24)15-27-25(26-2)28-16-21-22(30-4)13-20(29-3)14-23(21)31-5/h8-11,13-14,19,24H,6-7,12,15-16H2,1-5H3,(H2,26,27,28). The van der Waals surface area contributed by atoms with E-state index in [2.05, 4.69) is 46.8 Å². The summed E-state index contributed by atoms with van der Waals surface area (Å²) in [5.74, 6) is 3.17. The summed E-state index contributed by atoms with van der Waals surface area (Å²) in [7, 11) is 6.67. The van der Waals surface area contributed by atoms with Crippen molar-refractivity contribution in [3.05, 3.63) is 53.1 Å². The number of aryl methyl sites for hydroxylation is 1. The number of methoxy groups -OCH3 is 3. The van der Waals surface area contributed by atoms with Gasteiger partial charge in [-0.05, 0) is 25.3 Å². The zero-order chi connectivity index (χ0) is 22.9. The lowest BCUT2D eigenvalue weighted by molar-refractivity contribution is -0.0265. The molecule has 2 aromatic carbocycles. The SMILES string of the molecule is CN=C(NCc1c(OC)cc(OC)cc1OC)NCC1CCCOC1c1ccc(C)cc1. The Labute approximate surface area is 191 Å².